The molecule has 6 heteroatoms. The van der Waals surface area contributed by atoms with Gasteiger partial charge in [0, 0.05) is 6.04 Å². The highest BCUT2D eigenvalue weighted by Gasteiger charge is 2.23. The van der Waals surface area contributed by atoms with E-state index in [1.54, 1.807) is 12.1 Å². The number of carbonyl (C=O) groups excluding carboxylic acids is 3. The Kier molecular flexibility index (Phi) is 6.98. The molecule has 6 nitrogen and oxygen atoms in total. The number of rotatable bonds is 5. The zero-order valence-electron chi connectivity index (χ0n) is 14.8. The maximum Gasteiger partial charge on any atom is 0.338 e. The smallest absolute Gasteiger partial charge is 0.338 e. The van der Waals surface area contributed by atoms with E-state index in [4.69, 9.17) is 4.74 Å². The van der Waals surface area contributed by atoms with Gasteiger partial charge in [0.2, 0.25) is 0 Å². The minimum atomic E-state index is -0.639. The van der Waals surface area contributed by atoms with Crippen LogP contribution in [0.4, 0.5) is 4.79 Å². The van der Waals surface area contributed by atoms with Crippen LogP contribution in [0.5, 0.6) is 0 Å². The highest BCUT2D eigenvalue weighted by molar-refractivity contribution is 5.97. The van der Waals surface area contributed by atoms with Crippen LogP contribution in [0, 0.1) is 5.92 Å². The van der Waals surface area contributed by atoms with E-state index in [9.17, 15) is 14.4 Å². The number of hydrogen-bond acceptors (Lipinski definition) is 4. The SMILES string of the molecule is CCc1ccc(C(=O)OCC(=O)NC(=O)N[C@@H]2CCCC[C@@H]2C)cc1. The van der Waals surface area contributed by atoms with E-state index >= 15 is 0 Å². The van der Waals surface area contributed by atoms with Gasteiger partial charge < -0.3 is 10.1 Å². The van der Waals surface area contributed by atoms with E-state index in [1.807, 2.05) is 19.1 Å². The molecule has 0 spiro atoms. The molecule has 3 amide bonds. The molecule has 0 radical (unpaired) electrons. The maximum atomic E-state index is 11.9. The van der Waals surface area contributed by atoms with Crippen LogP contribution in [0.15, 0.2) is 24.3 Å². The molecule has 136 valence electrons. The molecule has 25 heavy (non-hydrogen) atoms. The fourth-order valence-electron chi connectivity index (χ4n) is 2.99. The van der Waals surface area contributed by atoms with Crippen LogP contribution in [0.3, 0.4) is 0 Å². The summed E-state index contributed by atoms with van der Waals surface area (Å²) in [6, 6.07) is 6.56. The van der Waals surface area contributed by atoms with Gasteiger partial charge in [0.1, 0.15) is 0 Å². The quantitative estimate of drug-likeness (QED) is 0.803. The van der Waals surface area contributed by atoms with Crippen LogP contribution in [0.1, 0.15) is 55.5 Å². The van der Waals surface area contributed by atoms with Crippen molar-refractivity contribution in [2.75, 3.05) is 6.61 Å². The molecule has 1 aromatic carbocycles. The molecule has 1 aliphatic rings. The third-order valence-corrected chi connectivity index (χ3v) is 4.61. The molecule has 0 unspecified atom stereocenters. The predicted molar refractivity (Wildman–Crippen MR) is 94.2 cm³/mol. The normalized spacial score (nSPS) is 19.8. The van der Waals surface area contributed by atoms with Gasteiger partial charge in [-0.1, -0.05) is 38.8 Å². The lowest BCUT2D eigenvalue weighted by atomic mass is 9.86. The first-order valence-corrected chi connectivity index (χ1v) is 8.86. The van der Waals surface area contributed by atoms with Crippen LogP contribution in [0.2, 0.25) is 0 Å². The second-order valence-electron chi connectivity index (χ2n) is 6.52. The molecular formula is C19H26N2O4. The minimum absolute atomic E-state index is 0.0844. The number of aryl methyl sites for hydroxylation is 1. The summed E-state index contributed by atoms with van der Waals surface area (Å²) >= 11 is 0. The van der Waals surface area contributed by atoms with Gasteiger partial charge in [0.05, 0.1) is 5.56 Å². The van der Waals surface area contributed by atoms with Crippen molar-refractivity contribution >= 4 is 17.9 Å². The van der Waals surface area contributed by atoms with Crippen molar-refractivity contribution in [3.8, 4) is 0 Å². The molecule has 2 N–H and O–H groups in total. The lowest BCUT2D eigenvalue weighted by Gasteiger charge is -2.29. The topological polar surface area (TPSA) is 84.5 Å². The molecule has 1 saturated carbocycles. The summed E-state index contributed by atoms with van der Waals surface area (Å²) in [6.45, 7) is 3.64. The van der Waals surface area contributed by atoms with E-state index in [2.05, 4.69) is 17.6 Å². The monoisotopic (exact) mass is 346 g/mol. The molecule has 0 saturated heterocycles. The van der Waals surface area contributed by atoms with Crippen LogP contribution < -0.4 is 10.6 Å². The Balaban J connectivity index is 1.73. The fourth-order valence-corrected chi connectivity index (χ4v) is 2.99. The molecule has 2 atom stereocenters. The first-order valence-electron chi connectivity index (χ1n) is 8.86. The largest absolute Gasteiger partial charge is 0.452 e. The Labute approximate surface area is 148 Å². The van der Waals surface area contributed by atoms with Crippen LogP contribution in [0.25, 0.3) is 0 Å². The standard InChI is InChI=1S/C19H26N2O4/c1-3-14-8-10-15(11-9-14)18(23)25-12-17(22)21-19(24)20-16-7-5-4-6-13(16)2/h8-11,13,16H,3-7,12H2,1-2H3,(H2,20,21,22,24)/t13-,16+/m0/s1. The van der Waals surface area contributed by atoms with E-state index in [0.717, 1.165) is 31.2 Å². The summed E-state index contributed by atoms with van der Waals surface area (Å²) in [7, 11) is 0. The third-order valence-electron chi connectivity index (χ3n) is 4.61. The first-order chi connectivity index (χ1) is 12.0. The average molecular weight is 346 g/mol. The van der Waals surface area contributed by atoms with Crippen LogP contribution >= 0.6 is 0 Å². The molecular weight excluding hydrogens is 320 g/mol. The maximum absolute atomic E-state index is 11.9. The number of hydrogen-bond donors (Lipinski definition) is 2. The number of ether oxygens (including phenoxy) is 1. The Morgan fingerprint density at radius 2 is 1.80 bits per heavy atom. The van der Waals surface area contributed by atoms with Crippen molar-refractivity contribution in [1.82, 2.24) is 10.6 Å². The highest BCUT2D eigenvalue weighted by atomic mass is 16.5. The van der Waals surface area contributed by atoms with Crippen molar-refractivity contribution < 1.29 is 19.1 Å². The van der Waals surface area contributed by atoms with Crippen molar-refractivity contribution in [2.24, 2.45) is 5.92 Å². The van der Waals surface area contributed by atoms with Crippen molar-refractivity contribution in [1.29, 1.82) is 0 Å². The highest BCUT2D eigenvalue weighted by Crippen LogP contribution is 2.23. The molecule has 0 aliphatic heterocycles. The lowest BCUT2D eigenvalue weighted by molar-refractivity contribution is -0.123. The Hall–Kier alpha value is -2.37. The van der Waals surface area contributed by atoms with Crippen LogP contribution in [-0.4, -0.2) is 30.6 Å². The number of nitrogens with one attached hydrogen (secondary N) is 2. The Bertz CT molecular complexity index is 612. The van der Waals surface area contributed by atoms with Crippen molar-refractivity contribution in [3.63, 3.8) is 0 Å². The second kappa shape index (κ2) is 9.20. The molecule has 1 aliphatic carbocycles. The summed E-state index contributed by atoms with van der Waals surface area (Å²) < 4.78 is 4.94. The van der Waals surface area contributed by atoms with Gasteiger partial charge in [-0.15, -0.1) is 0 Å². The van der Waals surface area contributed by atoms with Gasteiger partial charge in [0.15, 0.2) is 6.61 Å². The average Bonchev–Trinajstić information content (AvgIpc) is 2.61. The van der Waals surface area contributed by atoms with Gasteiger partial charge in [-0.2, -0.15) is 0 Å². The number of urea groups is 1. The lowest BCUT2D eigenvalue weighted by Crippen LogP contribution is -2.48. The number of benzene rings is 1. The number of imide groups is 1. The number of esters is 1. The van der Waals surface area contributed by atoms with E-state index in [1.165, 1.54) is 6.42 Å². The van der Waals surface area contributed by atoms with Crippen molar-refractivity contribution in [2.45, 2.75) is 52.0 Å². The molecule has 0 heterocycles. The summed E-state index contributed by atoms with van der Waals surface area (Å²) in [5.74, 6) is -0.822. The van der Waals surface area contributed by atoms with Gasteiger partial charge in [-0.25, -0.2) is 9.59 Å². The third kappa shape index (κ3) is 5.89. The zero-order chi connectivity index (χ0) is 18.2. The van der Waals surface area contributed by atoms with Gasteiger partial charge >= 0.3 is 12.0 Å². The number of carbonyl (C=O) groups is 3. The van der Waals surface area contributed by atoms with Gasteiger partial charge in [0.25, 0.3) is 5.91 Å². The molecule has 0 aromatic heterocycles. The minimum Gasteiger partial charge on any atom is -0.452 e. The summed E-state index contributed by atoms with van der Waals surface area (Å²) in [6.07, 6.45) is 5.14. The first kappa shape index (κ1) is 19.0. The van der Waals surface area contributed by atoms with E-state index < -0.39 is 24.5 Å². The van der Waals surface area contributed by atoms with E-state index in [0.29, 0.717) is 11.5 Å². The predicted octanol–water partition coefficient (Wildman–Crippen LogP) is 2.81. The number of amides is 3. The Morgan fingerprint density at radius 3 is 2.44 bits per heavy atom. The summed E-state index contributed by atoms with van der Waals surface area (Å²) in [5.41, 5.74) is 1.49. The zero-order valence-corrected chi connectivity index (χ0v) is 14.8. The fraction of sp³-hybridized carbons (Fsp3) is 0.526. The van der Waals surface area contributed by atoms with Crippen LogP contribution in [-0.2, 0) is 16.0 Å². The van der Waals surface area contributed by atoms with Gasteiger partial charge in [-0.3, -0.25) is 10.1 Å². The summed E-state index contributed by atoms with van der Waals surface area (Å²) in [4.78, 5) is 35.5. The molecule has 0 bridgehead atoms. The summed E-state index contributed by atoms with van der Waals surface area (Å²) in [5, 5.41) is 5.03. The molecule has 1 fully saturated rings. The molecule has 2 rings (SSSR count). The molecule has 1 aromatic rings. The second-order valence-corrected chi connectivity index (χ2v) is 6.52. The van der Waals surface area contributed by atoms with Gasteiger partial charge in [-0.05, 0) is 42.9 Å². The van der Waals surface area contributed by atoms with E-state index in [-0.39, 0.29) is 6.04 Å². The van der Waals surface area contributed by atoms with Crippen molar-refractivity contribution in [3.05, 3.63) is 35.4 Å². The Morgan fingerprint density at radius 1 is 1.12 bits per heavy atom.